The molecule has 0 saturated carbocycles. The van der Waals surface area contributed by atoms with Gasteiger partial charge in [0.2, 0.25) is 5.91 Å². The van der Waals surface area contributed by atoms with Crippen molar-refractivity contribution in [2.45, 2.75) is 40.2 Å². The van der Waals surface area contributed by atoms with E-state index >= 15 is 0 Å². The van der Waals surface area contributed by atoms with Crippen LogP contribution in [0.2, 0.25) is 0 Å². The summed E-state index contributed by atoms with van der Waals surface area (Å²) in [5, 5.41) is 6.23. The quantitative estimate of drug-likeness (QED) is 0.520. The maximum Gasteiger partial charge on any atom is 0.225 e. The standard InChI is InChI=1S/C12H24N2O/c1-6-7-8-13-9-10(2)14-11(15)12(3,4)5/h6,10,13H,1,7-9H2,2-5H3,(H,14,15). The third kappa shape index (κ3) is 7.14. The van der Waals surface area contributed by atoms with E-state index in [9.17, 15) is 4.79 Å². The van der Waals surface area contributed by atoms with Crippen LogP contribution in [0.1, 0.15) is 34.1 Å². The summed E-state index contributed by atoms with van der Waals surface area (Å²) in [7, 11) is 0. The fourth-order valence-electron chi connectivity index (χ4n) is 1.01. The molecule has 0 bridgehead atoms. The normalized spacial score (nSPS) is 13.3. The summed E-state index contributed by atoms with van der Waals surface area (Å²) in [6.07, 6.45) is 2.84. The molecule has 1 atom stereocenters. The Bertz CT molecular complexity index is 206. The van der Waals surface area contributed by atoms with Crippen LogP contribution < -0.4 is 10.6 Å². The van der Waals surface area contributed by atoms with Gasteiger partial charge in [-0.3, -0.25) is 4.79 Å². The van der Waals surface area contributed by atoms with Gasteiger partial charge in [0.15, 0.2) is 0 Å². The Morgan fingerprint density at radius 2 is 2.07 bits per heavy atom. The molecule has 0 heterocycles. The van der Waals surface area contributed by atoms with E-state index in [1.807, 2.05) is 33.8 Å². The zero-order chi connectivity index (χ0) is 11.9. The average molecular weight is 212 g/mol. The van der Waals surface area contributed by atoms with Gasteiger partial charge in [0.25, 0.3) is 0 Å². The molecule has 0 aliphatic carbocycles. The Labute approximate surface area is 93.3 Å². The smallest absolute Gasteiger partial charge is 0.225 e. The van der Waals surface area contributed by atoms with Gasteiger partial charge in [0, 0.05) is 18.0 Å². The van der Waals surface area contributed by atoms with Gasteiger partial charge in [-0.15, -0.1) is 6.58 Å². The third-order valence-electron chi connectivity index (χ3n) is 2.03. The maximum absolute atomic E-state index is 11.6. The number of amides is 1. The van der Waals surface area contributed by atoms with E-state index in [1.165, 1.54) is 0 Å². The zero-order valence-electron chi connectivity index (χ0n) is 10.4. The van der Waals surface area contributed by atoms with E-state index in [1.54, 1.807) is 0 Å². The zero-order valence-corrected chi connectivity index (χ0v) is 10.4. The van der Waals surface area contributed by atoms with Crippen molar-refractivity contribution in [3.8, 4) is 0 Å². The molecule has 1 unspecified atom stereocenters. The van der Waals surface area contributed by atoms with Crippen LogP contribution in [0.4, 0.5) is 0 Å². The van der Waals surface area contributed by atoms with Crippen molar-refractivity contribution in [2.24, 2.45) is 5.41 Å². The van der Waals surface area contributed by atoms with Crippen molar-refractivity contribution in [3.63, 3.8) is 0 Å². The van der Waals surface area contributed by atoms with E-state index < -0.39 is 0 Å². The predicted molar refractivity (Wildman–Crippen MR) is 64.7 cm³/mol. The molecule has 0 saturated heterocycles. The summed E-state index contributed by atoms with van der Waals surface area (Å²) in [6.45, 7) is 13.1. The highest BCUT2D eigenvalue weighted by Gasteiger charge is 2.22. The van der Waals surface area contributed by atoms with Crippen molar-refractivity contribution in [3.05, 3.63) is 12.7 Å². The summed E-state index contributed by atoms with van der Waals surface area (Å²) in [5.74, 6) is 0.0977. The number of hydrogen-bond donors (Lipinski definition) is 2. The topological polar surface area (TPSA) is 41.1 Å². The minimum absolute atomic E-state index is 0.0977. The SMILES string of the molecule is C=CCCNCC(C)NC(=O)C(C)(C)C. The first kappa shape index (κ1) is 14.2. The van der Waals surface area contributed by atoms with Gasteiger partial charge in [-0.2, -0.15) is 0 Å². The average Bonchev–Trinajstić information content (AvgIpc) is 2.11. The van der Waals surface area contributed by atoms with Crippen LogP contribution in [0.25, 0.3) is 0 Å². The van der Waals surface area contributed by atoms with Crippen LogP contribution in [0.15, 0.2) is 12.7 Å². The number of rotatable bonds is 6. The van der Waals surface area contributed by atoms with E-state index in [0.717, 1.165) is 19.5 Å². The van der Waals surface area contributed by atoms with Crippen molar-refractivity contribution >= 4 is 5.91 Å². The van der Waals surface area contributed by atoms with Crippen LogP contribution in [-0.4, -0.2) is 25.0 Å². The van der Waals surface area contributed by atoms with Gasteiger partial charge in [0.05, 0.1) is 0 Å². The van der Waals surface area contributed by atoms with Crippen molar-refractivity contribution in [2.75, 3.05) is 13.1 Å². The molecule has 0 fully saturated rings. The van der Waals surface area contributed by atoms with E-state index in [4.69, 9.17) is 0 Å². The molecule has 3 nitrogen and oxygen atoms in total. The molecule has 0 aromatic rings. The molecule has 0 rings (SSSR count). The number of nitrogens with one attached hydrogen (secondary N) is 2. The molecule has 88 valence electrons. The minimum Gasteiger partial charge on any atom is -0.352 e. The van der Waals surface area contributed by atoms with Gasteiger partial charge in [-0.05, 0) is 19.9 Å². The van der Waals surface area contributed by atoms with Crippen LogP contribution >= 0.6 is 0 Å². The largest absolute Gasteiger partial charge is 0.352 e. The summed E-state index contributed by atoms with van der Waals surface area (Å²) in [5.41, 5.74) is -0.310. The first-order valence-corrected chi connectivity index (χ1v) is 5.50. The van der Waals surface area contributed by atoms with Crippen LogP contribution in [0, 0.1) is 5.41 Å². The summed E-state index contributed by atoms with van der Waals surface area (Å²) in [6, 6.07) is 0.168. The van der Waals surface area contributed by atoms with Crippen LogP contribution in [0.5, 0.6) is 0 Å². The van der Waals surface area contributed by atoms with Crippen LogP contribution in [-0.2, 0) is 4.79 Å². The second kappa shape index (κ2) is 6.62. The Hall–Kier alpha value is -0.830. The Morgan fingerprint density at radius 1 is 1.47 bits per heavy atom. The second-order valence-electron chi connectivity index (χ2n) is 4.91. The lowest BCUT2D eigenvalue weighted by atomic mass is 9.95. The van der Waals surface area contributed by atoms with Crippen molar-refractivity contribution in [1.29, 1.82) is 0 Å². The first-order chi connectivity index (χ1) is 6.88. The van der Waals surface area contributed by atoms with Gasteiger partial charge < -0.3 is 10.6 Å². The molecule has 1 amide bonds. The fourth-order valence-corrected chi connectivity index (χ4v) is 1.01. The molecular formula is C12H24N2O. The molecule has 0 aromatic carbocycles. The molecule has 0 radical (unpaired) electrons. The van der Waals surface area contributed by atoms with E-state index in [0.29, 0.717) is 0 Å². The highest BCUT2D eigenvalue weighted by Crippen LogP contribution is 2.12. The maximum atomic E-state index is 11.6. The summed E-state index contributed by atoms with van der Waals surface area (Å²) < 4.78 is 0. The Morgan fingerprint density at radius 3 is 2.53 bits per heavy atom. The second-order valence-corrected chi connectivity index (χ2v) is 4.91. The van der Waals surface area contributed by atoms with Crippen LogP contribution in [0.3, 0.4) is 0 Å². The molecule has 0 aliphatic rings. The van der Waals surface area contributed by atoms with E-state index in [-0.39, 0.29) is 17.4 Å². The third-order valence-corrected chi connectivity index (χ3v) is 2.03. The summed E-state index contributed by atoms with van der Waals surface area (Å²) >= 11 is 0. The molecule has 0 aromatic heterocycles. The molecule has 3 heteroatoms. The minimum atomic E-state index is -0.310. The van der Waals surface area contributed by atoms with E-state index in [2.05, 4.69) is 17.2 Å². The fraction of sp³-hybridized carbons (Fsp3) is 0.750. The molecule has 2 N–H and O–H groups in total. The lowest BCUT2D eigenvalue weighted by Crippen LogP contribution is -2.44. The Balaban J connectivity index is 3.69. The van der Waals surface area contributed by atoms with Gasteiger partial charge in [-0.25, -0.2) is 0 Å². The molecule has 0 aliphatic heterocycles. The number of hydrogen-bond acceptors (Lipinski definition) is 2. The molecular weight excluding hydrogens is 188 g/mol. The monoisotopic (exact) mass is 212 g/mol. The molecule has 15 heavy (non-hydrogen) atoms. The van der Waals surface area contributed by atoms with Crippen molar-refractivity contribution in [1.82, 2.24) is 10.6 Å². The highest BCUT2D eigenvalue weighted by molar-refractivity contribution is 5.81. The number of carbonyl (C=O) groups is 1. The summed E-state index contributed by atoms with van der Waals surface area (Å²) in [4.78, 5) is 11.6. The number of carbonyl (C=O) groups excluding carboxylic acids is 1. The van der Waals surface area contributed by atoms with Gasteiger partial charge >= 0.3 is 0 Å². The lowest BCUT2D eigenvalue weighted by molar-refractivity contribution is -0.129. The first-order valence-electron chi connectivity index (χ1n) is 5.50. The van der Waals surface area contributed by atoms with Crippen molar-refractivity contribution < 1.29 is 4.79 Å². The Kier molecular flexibility index (Phi) is 6.25. The lowest BCUT2D eigenvalue weighted by Gasteiger charge is -2.22. The highest BCUT2D eigenvalue weighted by atomic mass is 16.2. The van der Waals surface area contributed by atoms with Gasteiger partial charge in [-0.1, -0.05) is 26.8 Å². The predicted octanol–water partition coefficient (Wildman–Crippen LogP) is 1.70. The van der Waals surface area contributed by atoms with Gasteiger partial charge in [0.1, 0.15) is 0 Å². The molecule has 0 spiro atoms.